The number of amidine groups is 1. The average molecular weight is 271 g/mol. The summed E-state index contributed by atoms with van der Waals surface area (Å²) in [5, 5.41) is 11.5. The molecule has 1 rings (SSSR count). The van der Waals surface area contributed by atoms with Crippen LogP contribution in [0.5, 0.6) is 0 Å². The van der Waals surface area contributed by atoms with E-state index in [2.05, 4.69) is 9.88 Å². The van der Waals surface area contributed by atoms with Crippen molar-refractivity contribution in [2.24, 2.45) is 10.9 Å². The first kappa shape index (κ1) is 14.5. The van der Waals surface area contributed by atoms with Crippen molar-refractivity contribution in [2.75, 3.05) is 5.75 Å². The maximum absolute atomic E-state index is 11.5. The van der Waals surface area contributed by atoms with Gasteiger partial charge in [0.25, 0.3) is 0 Å². The zero-order valence-corrected chi connectivity index (χ0v) is 10.9. The predicted molar refractivity (Wildman–Crippen MR) is 69.9 cm³/mol. The van der Waals surface area contributed by atoms with Crippen LogP contribution in [0.2, 0.25) is 0 Å². The molecule has 0 aromatic heterocycles. The summed E-state index contributed by atoms with van der Waals surface area (Å²) in [7, 11) is -3.23. The van der Waals surface area contributed by atoms with Gasteiger partial charge in [0.1, 0.15) is 0 Å². The summed E-state index contributed by atoms with van der Waals surface area (Å²) < 4.78 is 25.4. The van der Waals surface area contributed by atoms with Crippen molar-refractivity contribution in [3.63, 3.8) is 0 Å². The van der Waals surface area contributed by atoms with Gasteiger partial charge in [0.2, 0.25) is 10.0 Å². The maximum Gasteiger partial charge on any atom is 0.211 e. The molecular formula is C11H17N3O3S. The second-order valence-electron chi connectivity index (χ2n) is 3.83. The van der Waals surface area contributed by atoms with E-state index in [0.717, 1.165) is 5.56 Å². The number of nitrogens with zero attached hydrogens (tertiary/aromatic N) is 1. The molecule has 0 saturated carbocycles. The molecule has 0 bridgehead atoms. The molecule has 0 aliphatic carbocycles. The first-order valence-electron chi connectivity index (χ1n) is 5.52. The monoisotopic (exact) mass is 271 g/mol. The topological polar surface area (TPSA) is 105 Å². The second-order valence-corrected chi connectivity index (χ2v) is 5.75. The lowest BCUT2D eigenvalue weighted by molar-refractivity contribution is 0.318. The normalized spacial score (nSPS) is 12.6. The Hall–Kier alpha value is -1.60. The van der Waals surface area contributed by atoms with Gasteiger partial charge in [0.05, 0.1) is 5.75 Å². The molecule has 6 nitrogen and oxygen atoms in total. The molecule has 1 aromatic carbocycles. The van der Waals surface area contributed by atoms with Crippen molar-refractivity contribution in [1.82, 2.24) is 4.72 Å². The molecular weight excluding hydrogens is 254 g/mol. The van der Waals surface area contributed by atoms with Gasteiger partial charge < -0.3 is 10.9 Å². The van der Waals surface area contributed by atoms with Crippen molar-refractivity contribution < 1.29 is 13.6 Å². The Morgan fingerprint density at radius 2 is 2.22 bits per heavy atom. The van der Waals surface area contributed by atoms with Crippen LogP contribution >= 0.6 is 0 Å². The number of nitrogens with two attached hydrogens (primary N) is 1. The maximum atomic E-state index is 11.5. The molecule has 0 aliphatic heterocycles. The zero-order chi connectivity index (χ0) is 13.6. The van der Waals surface area contributed by atoms with E-state index >= 15 is 0 Å². The van der Waals surface area contributed by atoms with E-state index in [0.29, 0.717) is 12.0 Å². The Morgan fingerprint density at radius 3 is 2.83 bits per heavy atom. The number of hydrogen-bond acceptors (Lipinski definition) is 4. The summed E-state index contributed by atoms with van der Waals surface area (Å²) in [5.41, 5.74) is 6.75. The van der Waals surface area contributed by atoms with Gasteiger partial charge in [0, 0.05) is 12.1 Å². The quantitative estimate of drug-likeness (QED) is 0.305. The molecule has 1 aromatic rings. The van der Waals surface area contributed by atoms with E-state index in [1.54, 1.807) is 31.2 Å². The van der Waals surface area contributed by atoms with E-state index in [1.165, 1.54) is 0 Å². The van der Waals surface area contributed by atoms with Gasteiger partial charge in [0.15, 0.2) is 5.84 Å². The molecule has 4 N–H and O–H groups in total. The summed E-state index contributed by atoms with van der Waals surface area (Å²) in [4.78, 5) is 0. The molecule has 0 spiro atoms. The zero-order valence-electron chi connectivity index (χ0n) is 10.1. The third kappa shape index (κ3) is 4.34. The number of rotatable bonds is 6. The predicted octanol–water partition coefficient (Wildman–Crippen LogP) is 0.610. The van der Waals surface area contributed by atoms with Gasteiger partial charge in [-0.3, -0.25) is 0 Å². The fourth-order valence-corrected chi connectivity index (χ4v) is 2.50. The molecule has 0 aliphatic rings. The van der Waals surface area contributed by atoms with Crippen LogP contribution in [0.25, 0.3) is 0 Å². The van der Waals surface area contributed by atoms with Crippen LogP contribution < -0.4 is 10.5 Å². The van der Waals surface area contributed by atoms with Crippen LogP contribution in [0.4, 0.5) is 0 Å². The highest BCUT2D eigenvalue weighted by molar-refractivity contribution is 7.89. The van der Waals surface area contributed by atoms with Gasteiger partial charge in [-0.05, 0) is 18.1 Å². The van der Waals surface area contributed by atoms with Crippen LogP contribution in [-0.2, 0) is 16.6 Å². The fourth-order valence-electron chi connectivity index (χ4n) is 1.43. The summed E-state index contributed by atoms with van der Waals surface area (Å²) in [6.45, 7) is 1.99. The Bertz CT molecular complexity index is 526. The Labute approximate surface area is 107 Å². The molecule has 0 atom stereocenters. The van der Waals surface area contributed by atoms with Crippen molar-refractivity contribution in [1.29, 1.82) is 0 Å². The lowest BCUT2D eigenvalue weighted by Crippen LogP contribution is -2.25. The van der Waals surface area contributed by atoms with Crippen molar-refractivity contribution >= 4 is 15.9 Å². The Morgan fingerprint density at radius 1 is 1.50 bits per heavy atom. The van der Waals surface area contributed by atoms with E-state index in [-0.39, 0.29) is 18.1 Å². The van der Waals surface area contributed by atoms with Gasteiger partial charge in [-0.25, -0.2) is 13.1 Å². The van der Waals surface area contributed by atoms with E-state index in [1.807, 2.05) is 0 Å². The highest BCUT2D eigenvalue weighted by Crippen LogP contribution is 2.05. The van der Waals surface area contributed by atoms with Gasteiger partial charge in [-0.1, -0.05) is 30.3 Å². The fraction of sp³-hybridized carbons (Fsp3) is 0.364. The van der Waals surface area contributed by atoms with Gasteiger partial charge in [-0.15, -0.1) is 0 Å². The largest absolute Gasteiger partial charge is 0.409 e. The van der Waals surface area contributed by atoms with E-state index in [4.69, 9.17) is 10.9 Å². The third-order valence-corrected chi connectivity index (χ3v) is 3.83. The molecule has 100 valence electrons. The lowest BCUT2D eigenvalue weighted by Gasteiger charge is -2.07. The number of sulfonamides is 1. The third-order valence-electron chi connectivity index (χ3n) is 2.30. The van der Waals surface area contributed by atoms with Crippen LogP contribution in [0.3, 0.4) is 0 Å². The molecule has 0 amide bonds. The molecule has 0 unspecified atom stereocenters. The van der Waals surface area contributed by atoms with Crippen LogP contribution in [0.15, 0.2) is 29.4 Å². The summed E-state index contributed by atoms with van der Waals surface area (Å²) in [6, 6.07) is 6.84. The molecule has 0 saturated heterocycles. The number of oxime groups is 1. The molecule has 0 radical (unpaired) electrons. The standard InChI is InChI=1S/C11H17N3O3S/c1-2-6-18(16,17)13-8-9-4-3-5-10(7-9)11(12)14-15/h3-5,7,13,15H,2,6,8H2,1H3,(H2,12,14). The summed E-state index contributed by atoms with van der Waals surface area (Å²) in [5.74, 6) is 0.0979. The summed E-state index contributed by atoms with van der Waals surface area (Å²) in [6.07, 6.45) is 0.569. The minimum Gasteiger partial charge on any atom is -0.409 e. The number of hydrogen-bond donors (Lipinski definition) is 3. The molecule has 7 heteroatoms. The lowest BCUT2D eigenvalue weighted by atomic mass is 10.1. The van der Waals surface area contributed by atoms with E-state index < -0.39 is 10.0 Å². The van der Waals surface area contributed by atoms with Gasteiger partial charge >= 0.3 is 0 Å². The molecule has 18 heavy (non-hydrogen) atoms. The Balaban J connectivity index is 2.75. The SMILES string of the molecule is CCCS(=O)(=O)NCc1cccc(C(N)=NO)c1. The van der Waals surface area contributed by atoms with Crippen molar-refractivity contribution in [3.05, 3.63) is 35.4 Å². The average Bonchev–Trinajstić information content (AvgIpc) is 2.36. The smallest absolute Gasteiger partial charge is 0.211 e. The van der Waals surface area contributed by atoms with Crippen LogP contribution in [0.1, 0.15) is 24.5 Å². The minimum atomic E-state index is -3.23. The second kappa shape index (κ2) is 6.36. The van der Waals surface area contributed by atoms with Crippen molar-refractivity contribution in [3.8, 4) is 0 Å². The van der Waals surface area contributed by atoms with E-state index in [9.17, 15) is 8.42 Å². The number of nitrogens with one attached hydrogen (secondary N) is 1. The first-order valence-corrected chi connectivity index (χ1v) is 7.18. The minimum absolute atomic E-state index is 0.00624. The Kier molecular flexibility index (Phi) is 5.11. The van der Waals surface area contributed by atoms with Crippen LogP contribution in [-0.4, -0.2) is 25.2 Å². The summed E-state index contributed by atoms with van der Waals surface area (Å²) >= 11 is 0. The van der Waals surface area contributed by atoms with Crippen molar-refractivity contribution in [2.45, 2.75) is 19.9 Å². The number of benzene rings is 1. The van der Waals surface area contributed by atoms with Crippen LogP contribution in [0, 0.1) is 0 Å². The highest BCUT2D eigenvalue weighted by atomic mass is 32.2. The first-order chi connectivity index (χ1) is 8.48. The highest BCUT2D eigenvalue weighted by Gasteiger charge is 2.08. The van der Waals surface area contributed by atoms with Gasteiger partial charge in [-0.2, -0.15) is 0 Å². The molecule has 0 heterocycles. The molecule has 0 fully saturated rings.